The zero-order chi connectivity index (χ0) is 26.4. The molecular formula is C27H35Cl2N3O2Se2. The van der Waals surface area contributed by atoms with Crippen molar-refractivity contribution in [1.82, 2.24) is 10.2 Å². The molecule has 36 heavy (non-hydrogen) atoms. The van der Waals surface area contributed by atoms with Crippen molar-refractivity contribution in [1.29, 1.82) is 0 Å². The van der Waals surface area contributed by atoms with Gasteiger partial charge in [0.05, 0.1) is 6.42 Å². The monoisotopic (exact) mass is 663 g/mol. The van der Waals surface area contributed by atoms with Gasteiger partial charge in [0.15, 0.2) is 0 Å². The zero-order valence-corrected chi connectivity index (χ0v) is 25.4. The number of nitrogens with zero attached hydrogens (tertiary/aromatic N) is 2. The predicted octanol–water partition coefficient (Wildman–Crippen LogP) is 4.50. The van der Waals surface area contributed by atoms with Crippen LogP contribution in [-0.4, -0.2) is 74.1 Å². The quantitative estimate of drug-likeness (QED) is 0.208. The third-order valence-electron chi connectivity index (χ3n) is 4.82. The summed E-state index contributed by atoms with van der Waals surface area (Å²) in [7, 11) is 0. The van der Waals surface area contributed by atoms with Crippen LogP contribution in [0, 0.1) is 0 Å². The van der Waals surface area contributed by atoms with E-state index in [0.717, 1.165) is 38.5 Å². The number of carboxylic acid groups (broad SMARTS) is 1. The minimum Gasteiger partial charge on any atom is -0.481 e. The standard InChI is InChI=1S/C13H15ClN2Se.C11H15NSe.C3H5ClO2/c14-10-9-13-16-15-12(17-13)8-4-7-11-5-2-1-3-6-11;12-9-11(13)8-4-7-10-5-2-1-3-6-10;4-2-1-3(5)6/h1-3,5-6H,4,7-10H2;1-3,5-6H,4,7-9,12H2;1-2H2,(H,5,6). The van der Waals surface area contributed by atoms with Gasteiger partial charge in [-0.2, -0.15) is 0 Å². The summed E-state index contributed by atoms with van der Waals surface area (Å²) in [4.78, 5) is 9.51. The molecule has 9 heteroatoms. The van der Waals surface area contributed by atoms with Crippen LogP contribution in [0.25, 0.3) is 0 Å². The predicted molar refractivity (Wildman–Crippen MR) is 154 cm³/mol. The molecule has 0 saturated carbocycles. The summed E-state index contributed by atoms with van der Waals surface area (Å²) >= 11 is 14.1. The van der Waals surface area contributed by atoms with Gasteiger partial charge in [0.2, 0.25) is 0 Å². The van der Waals surface area contributed by atoms with Crippen LogP contribution >= 0.6 is 23.2 Å². The SMILES string of the molecule is ClCCc1nnc(CCCc2ccccc2)[se]1.NCC(=[Se])CCCc1ccccc1.O=C(O)CCCl. The number of nitrogens with two attached hydrogens (primary N) is 1. The Morgan fingerprint density at radius 1 is 0.806 bits per heavy atom. The molecule has 3 rings (SSSR count). The summed E-state index contributed by atoms with van der Waals surface area (Å²) in [5, 5.41) is 16.3. The molecule has 3 aromatic rings. The van der Waals surface area contributed by atoms with Gasteiger partial charge in [-0.15, -0.1) is 11.6 Å². The number of aliphatic carboxylic acids is 1. The fourth-order valence-electron chi connectivity index (χ4n) is 2.98. The molecule has 0 fully saturated rings. The first kappa shape index (κ1) is 32.7. The van der Waals surface area contributed by atoms with Crippen LogP contribution in [0.1, 0.15) is 45.9 Å². The fourth-order valence-corrected chi connectivity index (χ4v) is 5.73. The topological polar surface area (TPSA) is 89.1 Å². The number of aryl methyl sites for hydroxylation is 4. The van der Waals surface area contributed by atoms with Crippen molar-refractivity contribution in [2.45, 2.75) is 51.4 Å². The van der Waals surface area contributed by atoms with E-state index in [1.165, 1.54) is 31.1 Å². The zero-order valence-electron chi connectivity index (χ0n) is 20.5. The molecule has 3 N–H and O–H groups in total. The minimum absolute atomic E-state index is 0.0571. The van der Waals surface area contributed by atoms with Crippen molar-refractivity contribution in [3.05, 3.63) is 80.9 Å². The molecule has 0 spiro atoms. The Hall–Kier alpha value is -1.30. The van der Waals surface area contributed by atoms with E-state index >= 15 is 0 Å². The van der Waals surface area contributed by atoms with Gasteiger partial charge in [-0.3, -0.25) is 4.79 Å². The number of halogens is 2. The summed E-state index contributed by atoms with van der Waals surface area (Å²) in [5.74, 6) is 0.0212. The third-order valence-corrected chi connectivity index (χ3v) is 8.16. The second-order valence-electron chi connectivity index (χ2n) is 7.78. The molecule has 0 bridgehead atoms. The van der Waals surface area contributed by atoms with E-state index in [1.54, 1.807) is 0 Å². The first-order chi connectivity index (χ1) is 17.5. The van der Waals surface area contributed by atoms with Crippen molar-refractivity contribution in [3.63, 3.8) is 0 Å². The number of aromatic nitrogens is 2. The van der Waals surface area contributed by atoms with Crippen molar-refractivity contribution >= 4 is 63.7 Å². The summed E-state index contributed by atoms with van der Waals surface area (Å²) in [6, 6.07) is 21.1. The van der Waals surface area contributed by atoms with Crippen molar-refractivity contribution in [2.24, 2.45) is 5.73 Å². The van der Waals surface area contributed by atoms with Gasteiger partial charge in [-0.1, -0.05) is 0 Å². The van der Waals surface area contributed by atoms with E-state index in [4.69, 9.17) is 34.0 Å². The Kier molecular flexibility index (Phi) is 19.8. The molecular weight excluding hydrogens is 627 g/mol. The summed E-state index contributed by atoms with van der Waals surface area (Å²) in [6.07, 6.45) is 7.75. The van der Waals surface area contributed by atoms with E-state index < -0.39 is 5.97 Å². The molecule has 0 radical (unpaired) electrons. The van der Waals surface area contributed by atoms with Crippen molar-refractivity contribution in [3.8, 4) is 0 Å². The minimum atomic E-state index is -0.843. The maximum absolute atomic E-state index is 9.51. The number of benzene rings is 2. The number of hydrogen-bond acceptors (Lipinski definition) is 4. The molecule has 0 aliphatic heterocycles. The number of hydrogen-bond donors (Lipinski definition) is 2. The number of carboxylic acids is 1. The molecule has 0 aliphatic carbocycles. The van der Waals surface area contributed by atoms with Crippen molar-refractivity contribution in [2.75, 3.05) is 18.3 Å². The van der Waals surface area contributed by atoms with Crippen molar-refractivity contribution < 1.29 is 9.90 Å². The smallest absolute Gasteiger partial charge is 0.304 e. The van der Waals surface area contributed by atoms with Crippen LogP contribution in [0.2, 0.25) is 0 Å². The first-order valence-electron chi connectivity index (χ1n) is 11.9. The van der Waals surface area contributed by atoms with E-state index in [1.807, 2.05) is 0 Å². The van der Waals surface area contributed by atoms with Crippen LogP contribution in [0.3, 0.4) is 0 Å². The molecule has 0 unspecified atom stereocenters. The Morgan fingerprint density at radius 2 is 1.33 bits per heavy atom. The van der Waals surface area contributed by atoms with Crippen LogP contribution < -0.4 is 5.73 Å². The molecule has 5 nitrogen and oxygen atoms in total. The third kappa shape index (κ3) is 17.2. The maximum atomic E-state index is 9.51. The van der Waals surface area contributed by atoms with Gasteiger partial charge < -0.3 is 5.11 Å². The number of carbonyl (C=O) groups is 1. The van der Waals surface area contributed by atoms with E-state index in [-0.39, 0.29) is 12.3 Å². The van der Waals surface area contributed by atoms with Crippen LogP contribution in [0.5, 0.6) is 0 Å². The normalized spacial score (nSPS) is 9.97. The van der Waals surface area contributed by atoms with Crippen LogP contribution in [0.15, 0.2) is 60.7 Å². The number of rotatable bonds is 13. The molecule has 2 aromatic carbocycles. The van der Waals surface area contributed by atoms with Gasteiger partial charge >= 0.3 is 206 Å². The molecule has 0 amide bonds. The summed E-state index contributed by atoms with van der Waals surface area (Å²) in [5.41, 5.74) is 8.30. The summed E-state index contributed by atoms with van der Waals surface area (Å²) < 4.78 is 3.74. The van der Waals surface area contributed by atoms with Gasteiger partial charge in [0.1, 0.15) is 0 Å². The molecule has 0 saturated heterocycles. The molecule has 196 valence electrons. The fraction of sp³-hybridized carbons (Fsp3) is 0.407. The second-order valence-corrected chi connectivity index (χ2v) is 12.2. The second kappa shape index (κ2) is 21.8. The Balaban J connectivity index is 0.000000302. The largest absolute Gasteiger partial charge is 0.481 e. The maximum Gasteiger partial charge on any atom is 0.304 e. The Bertz CT molecular complexity index is 973. The van der Waals surface area contributed by atoms with E-state index in [0.29, 0.717) is 26.9 Å². The summed E-state index contributed by atoms with van der Waals surface area (Å²) in [6.45, 7) is 0.675. The molecule has 1 heterocycles. The van der Waals surface area contributed by atoms with Crippen LogP contribution in [0.4, 0.5) is 0 Å². The Morgan fingerprint density at radius 3 is 1.78 bits per heavy atom. The molecule has 1 aromatic heterocycles. The van der Waals surface area contributed by atoms with E-state index in [2.05, 4.69) is 86.4 Å². The average Bonchev–Trinajstić information content (AvgIpc) is 3.33. The Labute approximate surface area is 238 Å². The average molecular weight is 662 g/mol. The first-order valence-corrected chi connectivity index (χ1v) is 15.6. The van der Waals surface area contributed by atoms with Gasteiger partial charge in [-0.05, 0) is 0 Å². The molecule has 0 atom stereocenters. The van der Waals surface area contributed by atoms with Gasteiger partial charge in [0.25, 0.3) is 0 Å². The van der Waals surface area contributed by atoms with Gasteiger partial charge in [-0.25, -0.2) is 0 Å². The molecule has 0 aliphatic rings. The van der Waals surface area contributed by atoms with Crippen LogP contribution in [-0.2, 0) is 30.5 Å². The number of alkyl halides is 2. The van der Waals surface area contributed by atoms with Gasteiger partial charge in [0, 0.05) is 5.88 Å². The van der Waals surface area contributed by atoms with E-state index in [9.17, 15) is 4.79 Å².